The molecule has 0 bridgehead atoms. The molecular weight excluding hydrogens is 220 g/mol. The molecule has 2 aliphatic heterocycles. The second kappa shape index (κ2) is 5.92. The van der Waals surface area contributed by atoms with Gasteiger partial charge in [0.15, 0.2) is 0 Å². The van der Waals surface area contributed by atoms with E-state index >= 15 is 0 Å². The zero-order valence-electron chi connectivity index (χ0n) is 12.1. The fraction of sp³-hybridized carbons (Fsp3) is 1.00. The van der Waals surface area contributed by atoms with Crippen molar-refractivity contribution in [3.8, 4) is 0 Å². The number of hydrogen-bond donors (Lipinski definition) is 0. The molecule has 2 atom stereocenters. The topological polar surface area (TPSA) is 6.48 Å². The summed E-state index contributed by atoms with van der Waals surface area (Å²) in [6.07, 6.45) is 11.8. The van der Waals surface area contributed by atoms with Gasteiger partial charge in [-0.2, -0.15) is 0 Å². The monoisotopic (exact) mass is 250 g/mol. The van der Waals surface area contributed by atoms with Gasteiger partial charge in [-0.1, -0.05) is 32.1 Å². The van der Waals surface area contributed by atoms with Gasteiger partial charge in [0.1, 0.15) is 0 Å². The molecule has 2 saturated heterocycles. The van der Waals surface area contributed by atoms with E-state index in [0.717, 1.165) is 18.0 Å². The second-order valence-electron chi connectivity index (χ2n) is 6.93. The summed E-state index contributed by atoms with van der Waals surface area (Å²) in [6.45, 7) is 7.87. The molecule has 0 radical (unpaired) electrons. The largest absolute Gasteiger partial charge is 0.298 e. The van der Waals surface area contributed by atoms with Crippen molar-refractivity contribution in [3.63, 3.8) is 0 Å². The van der Waals surface area contributed by atoms with Crippen LogP contribution in [0.15, 0.2) is 0 Å². The third-order valence-electron chi connectivity index (χ3n) is 5.62. The molecule has 104 valence electrons. The zero-order valence-corrected chi connectivity index (χ0v) is 12.1. The van der Waals surface area contributed by atoms with Crippen LogP contribution in [0.25, 0.3) is 0 Å². The predicted molar refractivity (Wildman–Crippen MR) is 76.8 cm³/mol. The molecule has 0 amide bonds. The van der Waals surface area contributed by atoms with Crippen LogP contribution in [-0.4, -0.2) is 48.1 Å². The van der Waals surface area contributed by atoms with Crippen LogP contribution in [0.5, 0.6) is 0 Å². The molecule has 0 N–H and O–H groups in total. The van der Waals surface area contributed by atoms with E-state index in [0.29, 0.717) is 0 Å². The van der Waals surface area contributed by atoms with Gasteiger partial charge in [0.05, 0.1) is 0 Å². The molecule has 1 aliphatic carbocycles. The van der Waals surface area contributed by atoms with E-state index in [1.807, 2.05) is 0 Å². The van der Waals surface area contributed by atoms with E-state index in [4.69, 9.17) is 0 Å². The van der Waals surface area contributed by atoms with Crippen LogP contribution in [-0.2, 0) is 0 Å². The first-order valence-electron chi connectivity index (χ1n) is 8.31. The first kappa shape index (κ1) is 12.9. The average molecular weight is 250 g/mol. The van der Waals surface area contributed by atoms with Gasteiger partial charge in [-0.15, -0.1) is 0 Å². The van der Waals surface area contributed by atoms with E-state index in [1.54, 1.807) is 0 Å². The van der Waals surface area contributed by atoms with Gasteiger partial charge < -0.3 is 0 Å². The summed E-state index contributed by atoms with van der Waals surface area (Å²) in [7, 11) is 0. The number of nitrogens with zero attached hydrogens (tertiary/aromatic N) is 2. The highest BCUT2D eigenvalue weighted by Gasteiger charge is 2.32. The molecular formula is C16H30N2. The van der Waals surface area contributed by atoms with Crippen LogP contribution in [0.3, 0.4) is 0 Å². The number of piperidine rings is 1. The molecule has 0 aromatic rings. The van der Waals surface area contributed by atoms with E-state index in [1.165, 1.54) is 77.5 Å². The van der Waals surface area contributed by atoms with Crippen molar-refractivity contribution < 1.29 is 0 Å². The number of piperazine rings is 1. The molecule has 2 heterocycles. The molecule has 0 aromatic heterocycles. The van der Waals surface area contributed by atoms with E-state index in [-0.39, 0.29) is 0 Å². The van der Waals surface area contributed by atoms with Crippen molar-refractivity contribution >= 4 is 0 Å². The Labute approximate surface area is 113 Å². The maximum atomic E-state index is 2.80. The molecule has 2 unspecified atom stereocenters. The highest BCUT2D eigenvalue weighted by atomic mass is 15.3. The van der Waals surface area contributed by atoms with Crippen molar-refractivity contribution in [2.24, 2.45) is 5.92 Å². The third-order valence-corrected chi connectivity index (χ3v) is 5.62. The van der Waals surface area contributed by atoms with Crippen molar-refractivity contribution in [2.45, 2.75) is 70.4 Å². The lowest BCUT2D eigenvalue weighted by Gasteiger charge is -2.47. The lowest BCUT2D eigenvalue weighted by Crippen LogP contribution is -2.58. The molecule has 3 aliphatic rings. The number of hydrogen-bond acceptors (Lipinski definition) is 2. The fourth-order valence-corrected chi connectivity index (χ4v) is 4.37. The predicted octanol–water partition coefficient (Wildman–Crippen LogP) is 3.13. The Morgan fingerprint density at radius 3 is 2.56 bits per heavy atom. The SMILES string of the molecule is CC1CN2CCCCC2CN1CCC1CCCC1. The summed E-state index contributed by atoms with van der Waals surface area (Å²) < 4.78 is 0. The van der Waals surface area contributed by atoms with Crippen molar-refractivity contribution in [2.75, 3.05) is 26.2 Å². The Balaban J connectivity index is 1.49. The molecule has 3 fully saturated rings. The van der Waals surface area contributed by atoms with Crippen LogP contribution in [0, 0.1) is 5.92 Å². The van der Waals surface area contributed by atoms with Crippen molar-refractivity contribution in [1.29, 1.82) is 0 Å². The first-order chi connectivity index (χ1) is 8.83. The van der Waals surface area contributed by atoms with Gasteiger partial charge in [0.25, 0.3) is 0 Å². The highest BCUT2D eigenvalue weighted by Crippen LogP contribution is 2.29. The molecule has 18 heavy (non-hydrogen) atoms. The van der Waals surface area contributed by atoms with E-state index < -0.39 is 0 Å². The lowest BCUT2D eigenvalue weighted by atomic mass is 9.96. The van der Waals surface area contributed by atoms with Crippen molar-refractivity contribution in [1.82, 2.24) is 9.80 Å². The molecule has 2 nitrogen and oxygen atoms in total. The summed E-state index contributed by atoms with van der Waals surface area (Å²) >= 11 is 0. The van der Waals surface area contributed by atoms with Crippen LogP contribution < -0.4 is 0 Å². The number of fused-ring (bicyclic) bond motifs is 1. The van der Waals surface area contributed by atoms with Gasteiger partial charge >= 0.3 is 0 Å². The first-order valence-corrected chi connectivity index (χ1v) is 8.31. The maximum Gasteiger partial charge on any atom is 0.0223 e. The normalized spacial score (nSPS) is 35.8. The minimum atomic E-state index is 0.792. The van der Waals surface area contributed by atoms with Gasteiger partial charge in [-0.3, -0.25) is 9.80 Å². The summed E-state index contributed by atoms with van der Waals surface area (Å²) in [5.74, 6) is 1.06. The Morgan fingerprint density at radius 2 is 1.72 bits per heavy atom. The average Bonchev–Trinajstić information content (AvgIpc) is 2.89. The molecule has 0 aromatic carbocycles. The molecule has 0 spiro atoms. The van der Waals surface area contributed by atoms with Crippen molar-refractivity contribution in [3.05, 3.63) is 0 Å². The van der Waals surface area contributed by atoms with Gasteiger partial charge in [-0.25, -0.2) is 0 Å². The van der Waals surface area contributed by atoms with Gasteiger partial charge in [0.2, 0.25) is 0 Å². The number of rotatable bonds is 3. The van der Waals surface area contributed by atoms with Gasteiger partial charge in [0, 0.05) is 25.2 Å². The Morgan fingerprint density at radius 1 is 0.944 bits per heavy atom. The smallest absolute Gasteiger partial charge is 0.0223 e. The van der Waals surface area contributed by atoms with Crippen LogP contribution in [0.2, 0.25) is 0 Å². The van der Waals surface area contributed by atoms with Crippen LogP contribution in [0.4, 0.5) is 0 Å². The maximum absolute atomic E-state index is 2.80. The minimum Gasteiger partial charge on any atom is -0.298 e. The van der Waals surface area contributed by atoms with Gasteiger partial charge in [-0.05, 0) is 45.2 Å². The second-order valence-corrected chi connectivity index (χ2v) is 6.93. The summed E-state index contributed by atoms with van der Waals surface area (Å²) in [5, 5.41) is 0. The molecule has 2 heteroatoms. The summed E-state index contributed by atoms with van der Waals surface area (Å²) in [5.41, 5.74) is 0. The molecule has 3 rings (SSSR count). The Hall–Kier alpha value is -0.0800. The summed E-state index contributed by atoms with van der Waals surface area (Å²) in [4.78, 5) is 5.56. The lowest BCUT2D eigenvalue weighted by molar-refractivity contribution is 0.0129. The van der Waals surface area contributed by atoms with E-state index in [2.05, 4.69) is 16.7 Å². The zero-order chi connectivity index (χ0) is 12.4. The quantitative estimate of drug-likeness (QED) is 0.759. The van der Waals surface area contributed by atoms with Crippen LogP contribution >= 0.6 is 0 Å². The molecule has 1 saturated carbocycles. The summed E-state index contributed by atoms with van der Waals surface area (Å²) in [6, 6.07) is 1.68. The standard InChI is InChI=1S/C16H30N2/c1-14-12-18-10-5-4-8-16(18)13-17(14)11-9-15-6-2-3-7-15/h14-16H,2-13H2,1H3. The fourth-order valence-electron chi connectivity index (χ4n) is 4.37. The Bertz CT molecular complexity index is 260. The third kappa shape index (κ3) is 2.91. The Kier molecular flexibility index (Phi) is 4.25. The van der Waals surface area contributed by atoms with E-state index in [9.17, 15) is 0 Å². The van der Waals surface area contributed by atoms with Crippen LogP contribution in [0.1, 0.15) is 58.3 Å². The highest BCUT2D eigenvalue weighted by molar-refractivity contribution is 4.89. The minimum absolute atomic E-state index is 0.792.